The van der Waals surface area contributed by atoms with E-state index in [0.29, 0.717) is 11.5 Å². The molecular weight excluding hydrogens is 422 g/mol. The number of hydrogen-bond acceptors (Lipinski definition) is 2. The van der Waals surface area contributed by atoms with E-state index < -0.39 is 5.97 Å². The maximum atomic E-state index is 14.0. The number of amides is 1. The molecule has 0 aromatic heterocycles. The molecule has 0 unspecified atom stereocenters. The molecule has 1 atom stereocenters. The van der Waals surface area contributed by atoms with Gasteiger partial charge in [-0.15, -0.1) is 0 Å². The van der Waals surface area contributed by atoms with Crippen LogP contribution in [-0.2, 0) is 4.79 Å². The van der Waals surface area contributed by atoms with E-state index >= 15 is 0 Å². The third-order valence-corrected chi connectivity index (χ3v) is 10.0. The number of aromatic carboxylic acids is 1. The normalized spacial score (nSPS) is 37.6. The first-order valence-electron chi connectivity index (χ1n) is 13.1. The second-order valence-electron chi connectivity index (χ2n) is 12.9. The molecule has 1 amide bonds. The third-order valence-electron chi connectivity index (χ3n) is 10.0. The number of allylic oxidation sites excluding steroid dienone is 2. The first-order valence-corrected chi connectivity index (χ1v) is 13.1. The second-order valence-corrected chi connectivity index (χ2v) is 12.9. The Labute approximate surface area is 203 Å². The lowest BCUT2D eigenvalue weighted by Crippen LogP contribution is -2.57. The molecule has 4 heteroatoms. The average molecular weight is 460 g/mol. The Kier molecular flexibility index (Phi) is 4.76. The van der Waals surface area contributed by atoms with Crippen molar-refractivity contribution in [3.8, 4) is 0 Å². The Bertz CT molecular complexity index is 1070. The lowest BCUT2D eigenvalue weighted by atomic mass is 9.49. The van der Waals surface area contributed by atoms with Crippen LogP contribution in [0.5, 0.6) is 0 Å². The van der Waals surface area contributed by atoms with Crippen molar-refractivity contribution in [2.45, 2.75) is 65.7 Å². The number of carbonyl (C=O) groups is 2. The summed E-state index contributed by atoms with van der Waals surface area (Å²) in [7, 11) is 0. The van der Waals surface area contributed by atoms with Gasteiger partial charge in [-0.25, -0.2) is 4.79 Å². The minimum atomic E-state index is -0.894. The number of carbonyl (C=O) groups excluding carboxylic acids is 1. The summed E-state index contributed by atoms with van der Waals surface area (Å²) in [5.74, 6) is 1.91. The number of hydrogen-bond donors (Lipinski definition) is 1. The Morgan fingerprint density at radius 1 is 0.912 bits per heavy atom. The van der Waals surface area contributed by atoms with E-state index in [4.69, 9.17) is 0 Å². The number of nitrogens with zero attached hydrogens (tertiary/aromatic N) is 1. The van der Waals surface area contributed by atoms with Crippen LogP contribution in [0, 0.1) is 34.0 Å². The molecule has 1 aromatic carbocycles. The van der Waals surface area contributed by atoms with Gasteiger partial charge in [0.2, 0.25) is 5.91 Å². The highest BCUT2D eigenvalue weighted by Crippen LogP contribution is 2.61. The van der Waals surface area contributed by atoms with Gasteiger partial charge in [0.15, 0.2) is 0 Å². The highest BCUT2D eigenvalue weighted by atomic mass is 16.4. The molecule has 1 N–H and O–H groups in total. The third kappa shape index (κ3) is 3.24. The van der Waals surface area contributed by atoms with Gasteiger partial charge in [0.1, 0.15) is 0 Å². The number of carboxylic acid groups (broad SMARTS) is 1. The molecule has 5 aliphatic carbocycles. The molecule has 1 aliphatic heterocycles. The lowest BCUT2D eigenvalue weighted by molar-refractivity contribution is -0.158. The van der Waals surface area contributed by atoms with E-state index in [1.54, 1.807) is 12.1 Å². The van der Waals surface area contributed by atoms with Crippen molar-refractivity contribution in [3.05, 3.63) is 53.1 Å². The van der Waals surface area contributed by atoms with Crippen LogP contribution in [0.15, 0.2) is 42.0 Å². The Balaban J connectivity index is 1.26. The van der Waals surface area contributed by atoms with E-state index in [1.807, 2.05) is 12.1 Å². The second kappa shape index (κ2) is 7.32. The maximum absolute atomic E-state index is 14.0. The van der Waals surface area contributed by atoms with Gasteiger partial charge in [0.05, 0.1) is 11.0 Å². The number of fused-ring (bicyclic) bond motifs is 1. The predicted octanol–water partition coefficient (Wildman–Crippen LogP) is 6.19. The molecule has 1 aromatic rings. The minimum Gasteiger partial charge on any atom is -0.478 e. The summed E-state index contributed by atoms with van der Waals surface area (Å²) in [4.78, 5) is 27.5. The van der Waals surface area contributed by atoms with Crippen LogP contribution in [0.4, 0.5) is 0 Å². The molecule has 180 valence electrons. The fourth-order valence-corrected chi connectivity index (χ4v) is 9.06. The first kappa shape index (κ1) is 22.1. The molecule has 7 rings (SSSR count). The van der Waals surface area contributed by atoms with Gasteiger partial charge in [-0.2, -0.15) is 0 Å². The fourth-order valence-electron chi connectivity index (χ4n) is 9.06. The molecule has 1 heterocycles. The molecule has 0 spiro atoms. The molecule has 4 bridgehead atoms. The maximum Gasteiger partial charge on any atom is 0.335 e. The SMILES string of the molecule is CC1(C)C(c2ccc(C(=O)O)cc2)=CC[C@]2(C)CN(C(=O)C34CC5CC(CC(C5)C3)C4)CC=C12. The van der Waals surface area contributed by atoms with Crippen LogP contribution < -0.4 is 0 Å². The Hall–Kier alpha value is -2.36. The molecule has 4 nitrogen and oxygen atoms in total. The van der Waals surface area contributed by atoms with Crippen molar-refractivity contribution in [3.63, 3.8) is 0 Å². The molecule has 4 saturated carbocycles. The summed E-state index contributed by atoms with van der Waals surface area (Å²) < 4.78 is 0. The van der Waals surface area contributed by atoms with Gasteiger partial charge < -0.3 is 10.0 Å². The number of carboxylic acids is 1. The fraction of sp³-hybridized carbons (Fsp3) is 0.600. The first-order chi connectivity index (χ1) is 16.1. The molecular formula is C30H37NO3. The monoisotopic (exact) mass is 459 g/mol. The van der Waals surface area contributed by atoms with E-state index in [2.05, 4.69) is 37.8 Å². The van der Waals surface area contributed by atoms with E-state index in [-0.39, 0.29) is 16.2 Å². The summed E-state index contributed by atoms with van der Waals surface area (Å²) in [6.07, 6.45) is 13.1. The van der Waals surface area contributed by atoms with Crippen molar-refractivity contribution in [2.75, 3.05) is 13.1 Å². The lowest BCUT2D eigenvalue weighted by Gasteiger charge is -2.58. The summed E-state index contributed by atoms with van der Waals surface area (Å²) in [5, 5.41) is 9.26. The van der Waals surface area contributed by atoms with Gasteiger partial charge in [-0.1, -0.05) is 50.6 Å². The zero-order valence-electron chi connectivity index (χ0n) is 20.8. The molecule has 34 heavy (non-hydrogen) atoms. The van der Waals surface area contributed by atoms with Crippen molar-refractivity contribution >= 4 is 17.4 Å². The van der Waals surface area contributed by atoms with Crippen molar-refractivity contribution in [2.24, 2.45) is 34.0 Å². The van der Waals surface area contributed by atoms with Crippen LogP contribution in [0.1, 0.15) is 81.6 Å². The Morgan fingerprint density at radius 2 is 1.50 bits per heavy atom. The van der Waals surface area contributed by atoms with Crippen LogP contribution >= 0.6 is 0 Å². The number of rotatable bonds is 3. The highest BCUT2D eigenvalue weighted by Gasteiger charge is 2.56. The summed E-state index contributed by atoms with van der Waals surface area (Å²) in [6.45, 7) is 8.43. The minimum absolute atomic E-state index is 0.0514. The molecule has 0 saturated heterocycles. The van der Waals surface area contributed by atoms with Crippen LogP contribution in [0.2, 0.25) is 0 Å². The smallest absolute Gasteiger partial charge is 0.335 e. The van der Waals surface area contributed by atoms with E-state index in [0.717, 1.165) is 62.1 Å². The van der Waals surface area contributed by atoms with Crippen molar-refractivity contribution < 1.29 is 14.7 Å². The summed E-state index contributed by atoms with van der Waals surface area (Å²) in [5.41, 5.74) is 3.80. The quantitative estimate of drug-likeness (QED) is 0.548. The molecule has 6 aliphatic rings. The zero-order chi connectivity index (χ0) is 23.9. The Morgan fingerprint density at radius 3 is 2.06 bits per heavy atom. The van der Waals surface area contributed by atoms with Gasteiger partial charge >= 0.3 is 5.97 Å². The topological polar surface area (TPSA) is 57.6 Å². The largest absolute Gasteiger partial charge is 0.478 e. The van der Waals surface area contributed by atoms with E-state index in [1.165, 1.54) is 30.4 Å². The van der Waals surface area contributed by atoms with Crippen molar-refractivity contribution in [1.82, 2.24) is 4.90 Å². The van der Waals surface area contributed by atoms with Crippen LogP contribution in [0.25, 0.3) is 5.57 Å². The van der Waals surface area contributed by atoms with E-state index in [9.17, 15) is 14.7 Å². The van der Waals surface area contributed by atoms with Crippen LogP contribution in [0.3, 0.4) is 0 Å². The highest BCUT2D eigenvalue weighted by molar-refractivity contribution is 5.88. The summed E-state index contributed by atoms with van der Waals surface area (Å²) in [6, 6.07) is 7.27. The predicted molar refractivity (Wildman–Crippen MR) is 133 cm³/mol. The van der Waals surface area contributed by atoms with Gasteiger partial charge in [0.25, 0.3) is 0 Å². The van der Waals surface area contributed by atoms with Gasteiger partial charge in [-0.05, 0) is 86.0 Å². The standard InChI is InChI=1S/C30H37NO3/c1-28(2)24(22-4-6-23(7-5-22)26(32)33)8-10-29(3)18-31(11-9-25(28)29)27(34)30-15-19-12-20(16-30)14-21(13-19)17-30/h4-9,19-21H,10-18H2,1-3H3,(H,32,33)/t19?,20?,21?,29-,30?/m1/s1. The van der Waals surface area contributed by atoms with Crippen molar-refractivity contribution in [1.29, 1.82) is 0 Å². The number of benzene rings is 1. The molecule has 0 radical (unpaired) electrons. The molecule has 4 fully saturated rings. The van der Waals surface area contributed by atoms with Gasteiger partial charge in [-0.3, -0.25) is 4.79 Å². The van der Waals surface area contributed by atoms with Gasteiger partial charge in [0, 0.05) is 23.9 Å². The zero-order valence-corrected chi connectivity index (χ0v) is 20.8. The summed E-state index contributed by atoms with van der Waals surface area (Å²) >= 11 is 0. The van der Waals surface area contributed by atoms with Crippen LogP contribution in [-0.4, -0.2) is 35.0 Å². The average Bonchev–Trinajstić information content (AvgIpc) is 2.77.